The maximum Gasteiger partial charge on any atom is 0.337 e. The molecule has 2 aromatic heterocycles. The molecule has 7 heteroatoms. The second-order valence-electron chi connectivity index (χ2n) is 5.23. The Balaban J connectivity index is 1.74. The molecular formula is C17H17N5O2. The lowest BCUT2D eigenvalue weighted by atomic mass is 10.1. The highest BCUT2D eigenvalue weighted by Gasteiger charge is 2.08. The van der Waals surface area contributed by atoms with E-state index in [1.165, 1.54) is 7.11 Å². The van der Waals surface area contributed by atoms with Gasteiger partial charge in [0.15, 0.2) is 5.82 Å². The third kappa shape index (κ3) is 3.40. The Hall–Kier alpha value is -3.22. The zero-order valence-electron chi connectivity index (χ0n) is 13.5. The van der Waals surface area contributed by atoms with Gasteiger partial charge >= 0.3 is 5.97 Å². The van der Waals surface area contributed by atoms with Crippen molar-refractivity contribution in [3.63, 3.8) is 0 Å². The third-order valence-electron chi connectivity index (χ3n) is 3.53. The molecule has 2 heterocycles. The molecule has 0 amide bonds. The maximum atomic E-state index is 11.5. The van der Waals surface area contributed by atoms with Crippen molar-refractivity contribution in [2.75, 3.05) is 19.1 Å². The summed E-state index contributed by atoms with van der Waals surface area (Å²) in [4.78, 5) is 22.2. The lowest BCUT2D eigenvalue weighted by Crippen LogP contribution is -2.18. The number of anilines is 1. The summed E-state index contributed by atoms with van der Waals surface area (Å²) in [6, 6.07) is 9.13. The van der Waals surface area contributed by atoms with Crippen LogP contribution < -0.4 is 4.90 Å². The Labute approximate surface area is 139 Å². The zero-order valence-corrected chi connectivity index (χ0v) is 13.5. The van der Waals surface area contributed by atoms with Crippen LogP contribution in [0.2, 0.25) is 0 Å². The molecule has 3 aromatic rings. The van der Waals surface area contributed by atoms with Crippen LogP contribution in [0.25, 0.3) is 5.82 Å². The van der Waals surface area contributed by atoms with Gasteiger partial charge in [0, 0.05) is 26.0 Å². The van der Waals surface area contributed by atoms with E-state index in [4.69, 9.17) is 4.74 Å². The average molecular weight is 323 g/mol. The fourth-order valence-electron chi connectivity index (χ4n) is 2.26. The summed E-state index contributed by atoms with van der Waals surface area (Å²) >= 11 is 0. The fourth-order valence-corrected chi connectivity index (χ4v) is 2.26. The van der Waals surface area contributed by atoms with Crippen molar-refractivity contribution in [2.45, 2.75) is 6.54 Å². The molecule has 0 fully saturated rings. The van der Waals surface area contributed by atoms with E-state index in [1.54, 1.807) is 35.4 Å². The minimum atomic E-state index is -0.340. The minimum Gasteiger partial charge on any atom is -0.465 e. The molecule has 24 heavy (non-hydrogen) atoms. The molecule has 0 bridgehead atoms. The standard InChI is InChI=1S/C17H17N5O2/c1-21(12-13-4-6-14(7-5-13)17(23)24-2)15-10-18-11-16(20-15)22-9-3-8-19-22/h3-11H,12H2,1-2H3. The van der Waals surface area contributed by atoms with E-state index in [9.17, 15) is 4.79 Å². The van der Waals surface area contributed by atoms with E-state index in [0.717, 1.165) is 11.4 Å². The highest BCUT2D eigenvalue weighted by molar-refractivity contribution is 5.89. The van der Waals surface area contributed by atoms with Crippen molar-refractivity contribution in [1.29, 1.82) is 0 Å². The number of carbonyl (C=O) groups excluding carboxylic acids is 1. The van der Waals surface area contributed by atoms with E-state index in [-0.39, 0.29) is 5.97 Å². The predicted octanol–water partition coefficient (Wildman–Crippen LogP) is 2.09. The van der Waals surface area contributed by atoms with Gasteiger partial charge in [-0.2, -0.15) is 5.10 Å². The van der Waals surface area contributed by atoms with Gasteiger partial charge in [0.05, 0.1) is 25.1 Å². The Morgan fingerprint density at radius 1 is 1.25 bits per heavy atom. The van der Waals surface area contributed by atoms with Crippen LogP contribution in [0.4, 0.5) is 5.82 Å². The van der Waals surface area contributed by atoms with E-state index >= 15 is 0 Å². The first-order valence-corrected chi connectivity index (χ1v) is 7.38. The molecule has 0 unspecified atom stereocenters. The van der Waals surface area contributed by atoms with Gasteiger partial charge < -0.3 is 9.64 Å². The number of esters is 1. The van der Waals surface area contributed by atoms with Gasteiger partial charge in [0.25, 0.3) is 0 Å². The molecule has 0 aliphatic carbocycles. The fraction of sp³-hybridized carbons (Fsp3) is 0.176. The zero-order chi connectivity index (χ0) is 16.9. The molecule has 3 rings (SSSR count). The van der Waals surface area contributed by atoms with Gasteiger partial charge in [-0.05, 0) is 23.8 Å². The molecule has 0 N–H and O–H groups in total. The second-order valence-corrected chi connectivity index (χ2v) is 5.23. The van der Waals surface area contributed by atoms with Crippen LogP contribution in [-0.2, 0) is 11.3 Å². The van der Waals surface area contributed by atoms with Crippen LogP contribution in [0.15, 0.2) is 55.1 Å². The molecule has 0 aliphatic rings. The lowest BCUT2D eigenvalue weighted by Gasteiger charge is -2.18. The van der Waals surface area contributed by atoms with Crippen LogP contribution >= 0.6 is 0 Å². The van der Waals surface area contributed by atoms with E-state index in [0.29, 0.717) is 17.9 Å². The number of nitrogens with zero attached hydrogens (tertiary/aromatic N) is 5. The van der Waals surface area contributed by atoms with Crippen LogP contribution in [0.1, 0.15) is 15.9 Å². The predicted molar refractivity (Wildman–Crippen MR) is 89.0 cm³/mol. The third-order valence-corrected chi connectivity index (χ3v) is 3.53. The van der Waals surface area contributed by atoms with Crippen molar-refractivity contribution in [1.82, 2.24) is 19.7 Å². The summed E-state index contributed by atoms with van der Waals surface area (Å²) in [6.45, 7) is 0.638. The number of benzene rings is 1. The maximum absolute atomic E-state index is 11.5. The molecule has 122 valence electrons. The largest absolute Gasteiger partial charge is 0.465 e. The van der Waals surface area contributed by atoms with Gasteiger partial charge in [0.2, 0.25) is 0 Å². The minimum absolute atomic E-state index is 0.340. The molecule has 0 saturated heterocycles. The highest BCUT2D eigenvalue weighted by Crippen LogP contribution is 2.14. The number of hydrogen-bond acceptors (Lipinski definition) is 6. The number of methoxy groups -OCH3 is 1. The van der Waals surface area contributed by atoms with Crippen molar-refractivity contribution in [3.8, 4) is 5.82 Å². The molecular weight excluding hydrogens is 306 g/mol. The number of aromatic nitrogens is 4. The highest BCUT2D eigenvalue weighted by atomic mass is 16.5. The van der Waals surface area contributed by atoms with Crippen molar-refractivity contribution in [2.24, 2.45) is 0 Å². The molecule has 0 aliphatic heterocycles. The molecule has 0 atom stereocenters. The Morgan fingerprint density at radius 3 is 2.71 bits per heavy atom. The summed E-state index contributed by atoms with van der Waals surface area (Å²) < 4.78 is 6.36. The first kappa shape index (κ1) is 15.7. The molecule has 0 saturated carbocycles. The van der Waals surface area contributed by atoms with Gasteiger partial charge in [-0.25, -0.2) is 14.5 Å². The van der Waals surface area contributed by atoms with Crippen molar-refractivity contribution >= 4 is 11.8 Å². The Morgan fingerprint density at radius 2 is 2.04 bits per heavy atom. The normalized spacial score (nSPS) is 10.4. The first-order chi connectivity index (χ1) is 11.7. The summed E-state index contributed by atoms with van der Waals surface area (Å²) in [5.41, 5.74) is 1.58. The number of ether oxygens (including phenoxy) is 1. The number of carbonyl (C=O) groups is 1. The van der Waals surface area contributed by atoms with Crippen molar-refractivity contribution in [3.05, 3.63) is 66.2 Å². The molecule has 1 aromatic carbocycles. The van der Waals surface area contributed by atoms with Crippen LogP contribution in [-0.4, -0.2) is 39.9 Å². The molecule has 7 nitrogen and oxygen atoms in total. The summed E-state index contributed by atoms with van der Waals surface area (Å²) in [7, 11) is 3.31. The van der Waals surface area contributed by atoms with E-state index in [1.807, 2.05) is 36.3 Å². The van der Waals surface area contributed by atoms with Crippen LogP contribution in [0, 0.1) is 0 Å². The van der Waals surface area contributed by atoms with Crippen LogP contribution in [0.3, 0.4) is 0 Å². The topological polar surface area (TPSA) is 73.1 Å². The first-order valence-electron chi connectivity index (χ1n) is 7.38. The summed E-state index contributed by atoms with van der Waals surface area (Å²) in [5.74, 6) is 1.05. The molecule has 0 spiro atoms. The monoisotopic (exact) mass is 323 g/mol. The summed E-state index contributed by atoms with van der Waals surface area (Å²) in [6.07, 6.45) is 6.88. The Kier molecular flexibility index (Phi) is 4.51. The van der Waals surface area contributed by atoms with Gasteiger partial charge in [-0.15, -0.1) is 0 Å². The van der Waals surface area contributed by atoms with Crippen LogP contribution in [0.5, 0.6) is 0 Å². The average Bonchev–Trinajstić information content (AvgIpc) is 3.16. The smallest absolute Gasteiger partial charge is 0.337 e. The summed E-state index contributed by atoms with van der Waals surface area (Å²) in [5, 5.41) is 4.16. The Bertz CT molecular complexity index is 815. The number of rotatable bonds is 5. The van der Waals surface area contributed by atoms with Gasteiger partial charge in [-0.3, -0.25) is 4.98 Å². The quantitative estimate of drug-likeness (QED) is 0.669. The molecule has 0 radical (unpaired) electrons. The second kappa shape index (κ2) is 6.91. The van der Waals surface area contributed by atoms with E-state index < -0.39 is 0 Å². The van der Waals surface area contributed by atoms with Gasteiger partial charge in [0.1, 0.15) is 5.82 Å². The van der Waals surface area contributed by atoms with Gasteiger partial charge in [-0.1, -0.05) is 12.1 Å². The van der Waals surface area contributed by atoms with Crippen molar-refractivity contribution < 1.29 is 9.53 Å². The number of hydrogen-bond donors (Lipinski definition) is 0. The van der Waals surface area contributed by atoms with E-state index in [2.05, 4.69) is 15.1 Å². The lowest BCUT2D eigenvalue weighted by molar-refractivity contribution is 0.0600. The SMILES string of the molecule is COC(=O)c1ccc(CN(C)c2cncc(-n3cccn3)n2)cc1.